The van der Waals surface area contributed by atoms with Crippen LogP contribution >= 0.6 is 48.0 Å². The first kappa shape index (κ1) is 23.7. The summed E-state index contributed by atoms with van der Waals surface area (Å²) in [6.07, 6.45) is 1.75. The van der Waals surface area contributed by atoms with Gasteiger partial charge in [0.15, 0.2) is 0 Å². The van der Waals surface area contributed by atoms with Crippen LogP contribution in [0.15, 0.2) is 72.9 Å². The quantitative estimate of drug-likeness (QED) is 0.544. The minimum atomic E-state index is -1.20. The van der Waals surface area contributed by atoms with Crippen molar-refractivity contribution in [2.24, 2.45) is 0 Å². The Hall–Kier alpha value is -1.33. The van der Waals surface area contributed by atoms with Crippen LogP contribution in [-0.2, 0) is 12.1 Å². The highest BCUT2D eigenvalue weighted by atomic mass is 35.5. The summed E-state index contributed by atoms with van der Waals surface area (Å²) >= 11 is 12.0. The van der Waals surface area contributed by atoms with E-state index in [2.05, 4.69) is 10.3 Å². The second kappa shape index (κ2) is 10.9. The first-order valence-electron chi connectivity index (χ1n) is 7.93. The molecule has 27 heavy (non-hydrogen) atoms. The van der Waals surface area contributed by atoms with Crippen LogP contribution in [0.2, 0.25) is 10.0 Å². The van der Waals surface area contributed by atoms with E-state index < -0.39 is 5.60 Å². The molecule has 3 rings (SSSR count). The van der Waals surface area contributed by atoms with E-state index >= 15 is 0 Å². The van der Waals surface area contributed by atoms with Gasteiger partial charge in [-0.1, -0.05) is 53.5 Å². The zero-order valence-electron chi connectivity index (χ0n) is 14.3. The average Bonchev–Trinajstić information content (AvgIpc) is 2.63. The van der Waals surface area contributed by atoms with E-state index in [0.29, 0.717) is 23.1 Å². The molecular weight excluding hydrogens is 426 g/mol. The number of rotatable bonds is 6. The van der Waals surface area contributed by atoms with Gasteiger partial charge >= 0.3 is 0 Å². The Labute approximate surface area is 181 Å². The highest BCUT2D eigenvalue weighted by Gasteiger charge is 2.31. The molecule has 144 valence electrons. The molecule has 0 aliphatic heterocycles. The molecular formula is C20H20Cl4N2O. The molecule has 0 spiro atoms. The molecule has 0 fully saturated rings. The maximum atomic E-state index is 11.4. The predicted octanol–water partition coefficient (Wildman–Crippen LogP) is 5.26. The van der Waals surface area contributed by atoms with Crippen LogP contribution < -0.4 is 5.32 Å². The van der Waals surface area contributed by atoms with Gasteiger partial charge in [-0.3, -0.25) is 4.98 Å². The van der Waals surface area contributed by atoms with Gasteiger partial charge in [-0.2, -0.15) is 0 Å². The summed E-state index contributed by atoms with van der Waals surface area (Å²) in [6, 6.07) is 20.2. The minimum Gasteiger partial charge on any atom is -0.379 e. The molecule has 0 aliphatic carbocycles. The molecule has 7 heteroatoms. The van der Waals surface area contributed by atoms with Crippen LogP contribution in [0.3, 0.4) is 0 Å². The van der Waals surface area contributed by atoms with Gasteiger partial charge in [-0.15, -0.1) is 24.8 Å². The molecule has 0 aliphatic rings. The number of nitrogens with one attached hydrogen (secondary N) is 1. The number of halogens is 4. The molecule has 0 atom stereocenters. The maximum absolute atomic E-state index is 11.4. The largest absolute Gasteiger partial charge is 0.379 e. The van der Waals surface area contributed by atoms with Crippen molar-refractivity contribution in [3.05, 3.63) is 99.8 Å². The lowest BCUT2D eigenvalue weighted by Gasteiger charge is -2.30. The molecule has 3 nitrogen and oxygen atoms in total. The normalized spacial score (nSPS) is 10.6. The molecule has 0 saturated carbocycles. The van der Waals surface area contributed by atoms with Crippen molar-refractivity contribution < 1.29 is 5.11 Å². The molecule has 1 aromatic heterocycles. The van der Waals surface area contributed by atoms with Gasteiger partial charge < -0.3 is 10.4 Å². The van der Waals surface area contributed by atoms with E-state index in [1.165, 1.54) is 0 Å². The fraction of sp³-hybridized carbons (Fsp3) is 0.150. The van der Waals surface area contributed by atoms with Gasteiger partial charge in [0.25, 0.3) is 0 Å². The molecule has 1 heterocycles. The second-order valence-electron chi connectivity index (χ2n) is 5.80. The number of hydrogen-bond donors (Lipinski definition) is 2. The first-order valence-corrected chi connectivity index (χ1v) is 8.68. The van der Waals surface area contributed by atoms with Crippen LogP contribution in [0.4, 0.5) is 0 Å². The summed E-state index contributed by atoms with van der Waals surface area (Å²) < 4.78 is 0. The van der Waals surface area contributed by atoms with E-state index in [4.69, 9.17) is 23.2 Å². The highest BCUT2D eigenvalue weighted by Crippen LogP contribution is 2.31. The van der Waals surface area contributed by atoms with Gasteiger partial charge in [-0.25, -0.2) is 0 Å². The summed E-state index contributed by atoms with van der Waals surface area (Å²) in [6.45, 7) is 0.886. The molecule has 0 radical (unpaired) electrons. The molecule has 3 aromatic rings. The van der Waals surface area contributed by atoms with Crippen molar-refractivity contribution in [1.82, 2.24) is 10.3 Å². The van der Waals surface area contributed by atoms with Crippen LogP contribution in [0, 0.1) is 0 Å². The van der Waals surface area contributed by atoms with Crippen molar-refractivity contribution in [1.29, 1.82) is 0 Å². The van der Waals surface area contributed by atoms with E-state index in [-0.39, 0.29) is 24.8 Å². The third-order valence-electron chi connectivity index (χ3n) is 4.06. The SMILES string of the molecule is Cl.Cl.OC(CNCc1ccccn1)(c1ccc(Cl)cc1)c1ccc(Cl)cc1. The number of aliphatic hydroxyl groups is 1. The lowest BCUT2D eigenvalue weighted by molar-refractivity contribution is 0.0795. The maximum Gasteiger partial charge on any atom is 0.127 e. The van der Waals surface area contributed by atoms with E-state index in [1.807, 2.05) is 42.5 Å². The molecule has 2 aromatic carbocycles. The fourth-order valence-electron chi connectivity index (χ4n) is 2.70. The Morgan fingerprint density at radius 3 is 1.78 bits per heavy atom. The third-order valence-corrected chi connectivity index (χ3v) is 4.56. The van der Waals surface area contributed by atoms with E-state index in [1.54, 1.807) is 30.5 Å². The van der Waals surface area contributed by atoms with Crippen molar-refractivity contribution in [3.8, 4) is 0 Å². The Bertz CT molecular complexity index is 766. The van der Waals surface area contributed by atoms with E-state index in [9.17, 15) is 5.11 Å². The van der Waals surface area contributed by atoms with Crippen molar-refractivity contribution in [2.45, 2.75) is 12.1 Å². The number of aromatic nitrogens is 1. The van der Waals surface area contributed by atoms with Gasteiger partial charge in [0.2, 0.25) is 0 Å². The molecule has 0 unspecified atom stereocenters. The Morgan fingerprint density at radius 2 is 1.33 bits per heavy atom. The summed E-state index contributed by atoms with van der Waals surface area (Å²) in [5.74, 6) is 0. The summed E-state index contributed by atoms with van der Waals surface area (Å²) in [5, 5.41) is 16.0. The number of pyridine rings is 1. The van der Waals surface area contributed by atoms with Crippen LogP contribution in [0.5, 0.6) is 0 Å². The standard InChI is InChI=1S/C20H18Cl2N2O.2ClH/c21-17-8-4-15(5-9-17)20(25,16-6-10-18(22)11-7-16)14-23-13-19-3-1-2-12-24-19;;/h1-12,23,25H,13-14H2;2*1H. The smallest absolute Gasteiger partial charge is 0.127 e. The van der Waals surface area contributed by atoms with Crippen LogP contribution in [0.25, 0.3) is 0 Å². The van der Waals surface area contributed by atoms with E-state index in [0.717, 1.165) is 16.8 Å². The topological polar surface area (TPSA) is 45.1 Å². The average molecular weight is 446 g/mol. The molecule has 0 saturated heterocycles. The molecule has 0 amide bonds. The second-order valence-corrected chi connectivity index (χ2v) is 6.67. The predicted molar refractivity (Wildman–Crippen MR) is 116 cm³/mol. The Balaban J connectivity index is 0.00000182. The zero-order valence-corrected chi connectivity index (χ0v) is 17.5. The lowest BCUT2D eigenvalue weighted by Crippen LogP contribution is -2.39. The van der Waals surface area contributed by atoms with Gasteiger partial charge in [0.1, 0.15) is 5.60 Å². The Kier molecular flexibility index (Phi) is 9.54. The van der Waals surface area contributed by atoms with Crippen molar-refractivity contribution in [2.75, 3.05) is 6.54 Å². The van der Waals surface area contributed by atoms with Crippen molar-refractivity contribution >= 4 is 48.0 Å². The number of nitrogens with zero attached hydrogens (tertiary/aromatic N) is 1. The summed E-state index contributed by atoms with van der Waals surface area (Å²) in [7, 11) is 0. The first-order chi connectivity index (χ1) is 12.1. The highest BCUT2D eigenvalue weighted by molar-refractivity contribution is 6.30. The van der Waals surface area contributed by atoms with Crippen LogP contribution in [-0.4, -0.2) is 16.6 Å². The summed E-state index contributed by atoms with van der Waals surface area (Å²) in [4.78, 5) is 4.29. The van der Waals surface area contributed by atoms with Gasteiger partial charge in [-0.05, 0) is 47.5 Å². The Morgan fingerprint density at radius 1 is 0.815 bits per heavy atom. The van der Waals surface area contributed by atoms with Crippen LogP contribution in [0.1, 0.15) is 16.8 Å². The molecule has 0 bridgehead atoms. The number of hydrogen-bond acceptors (Lipinski definition) is 3. The third kappa shape index (κ3) is 6.08. The fourth-order valence-corrected chi connectivity index (χ4v) is 2.95. The van der Waals surface area contributed by atoms with Gasteiger partial charge in [0, 0.05) is 29.3 Å². The van der Waals surface area contributed by atoms with Crippen molar-refractivity contribution in [3.63, 3.8) is 0 Å². The van der Waals surface area contributed by atoms with Gasteiger partial charge in [0.05, 0.1) is 5.69 Å². The molecule has 2 N–H and O–H groups in total. The lowest BCUT2D eigenvalue weighted by atomic mass is 9.86. The minimum absolute atomic E-state index is 0. The zero-order chi connectivity index (χ0) is 17.7. The number of benzene rings is 2. The monoisotopic (exact) mass is 444 g/mol. The summed E-state index contributed by atoms with van der Waals surface area (Å²) in [5.41, 5.74) is 1.22.